The second-order valence-electron chi connectivity index (χ2n) is 5.30. The monoisotopic (exact) mass is 308 g/mol. The lowest BCUT2D eigenvalue weighted by atomic mass is 10.2. The van der Waals surface area contributed by atoms with Crippen LogP contribution in [0.5, 0.6) is 5.75 Å². The number of nitrogens with zero attached hydrogens (tertiary/aromatic N) is 1. The van der Waals surface area contributed by atoms with Gasteiger partial charge in [-0.15, -0.1) is 0 Å². The molecule has 1 fully saturated rings. The van der Waals surface area contributed by atoms with E-state index in [2.05, 4.69) is 11.8 Å². The number of ether oxygens (including phenoxy) is 2. The topological polar surface area (TPSA) is 47.7 Å². The third-order valence-electron chi connectivity index (χ3n) is 3.68. The molecule has 0 radical (unpaired) electrons. The van der Waals surface area contributed by atoms with Crippen molar-refractivity contribution in [3.8, 4) is 5.75 Å². The van der Waals surface area contributed by atoms with Crippen LogP contribution in [0.1, 0.15) is 25.3 Å². The first-order valence-electron chi connectivity index (χ1n) is 7.55. The van der Waals surface area contributed by atoms with Gasteiger partial charge in [-0.2, -0.15) is 0 Å². The number of hydrogen-bond donors (Lipinski definition) is 1. The summed E-state index contributed by atoms with van der Waals surface area (Å²) in [5, 5.41) is 0. The van der Waals surface area contributed by atoms with Crippen LogP contribution in [-0.4, -0.2) is 48.8 Å². The van der Waals surface area contributed by atoms with Crippen LogP contribution in [0, 0.1) is 0 Å². The third-order valence-corrected chi connectivity index (χ3v) is 3.92. The maximum Gasteiger partial charge on any atom is 0.119 e. The fourth-order valence-electron chi connectivity index (χ4n) is 2.45. The van der Waals surface area contributed by atoms with E-state index in [0.29, 0.717) is 17.7 Å². The lowest BCUT2D eigenvalue weighted by Gasteiger charge is -2.32. The maximum atomic E-state index is 5.77. The molecule has 2 rings (SSSR count). The Balaban J connectivity index is 1.70. The lowest BCUT2D eigenvalue weighted by molar-refractivity contribution is -0.0306. The van der Waals surface area contributed by atoms with Crippen LogP contribution in [0.2, 0.25) is 0 Å². The van der Waals surface area contributed by atoms with Gasteiger partial charge in [0, 0.05) is 25.2 Å². The van der Waals surface area contributed by atoms with E-state index in [9.17, 15) is 0 Å². The zero-order chi connectivity index (χ0) is 15.1. The Morgan fingerprint density at radius 3 is 3.14 bits per heavy atom. The maximum absolute atomic E-state index is 5.77. The Morgan fingerprint density at radius 2 is 2.38 bits per heavy atom. The van der Waals surface area contributed by atoms with Gasteiger partial charge >= 0.3 is 0 Å². The fraction of sp³-hybridized carbons (Fsp3) is 0.562. The molecular weight excluding hydrogens is 284 g/mol. The van der Waals surface area contributed by atoms with Crippen LogP contribution >= 0.6 is 12.2 Å². The molecule has 1 atom stereocenters. The number of rotatable bonds is 7. The normalized spacial score (nSPS) is 19.4. The Labute approximate surface area is 132 Å². The molecule has 0 aromatic heterocycles. The van der Waals surface area contributed by atoms with Crippen LogP contribution < -0.4 is 10.5 Å². The molecule has 1 aromatic carbocycles. The highest BCUT2D eigenvalue weighted by atomic mass is 32.1. The Bertz CT molecular complexity index is 467. The van der Waals surface area contributed by atoms with Crippen molar-refractivity contribution in [2.75, 3.05) is 32.8 Å². The van der Waals surface area contributed by atoms with E-state index < -0.39 is 0 Å². The van der Waals surface area contributed by atoms with E-state index >= 15 is 0 Å². The summed E-state index contributed by atoms with van der Waals surface area (Å²) in [7, 11) is 0. The minimum Gasteiger partial charge on any atom is -0.494 e. The number of thiocarbonyl (C=S) groups is 1. The molecule has 1 aliphatic heterocycles. The summed E-state index contributed by atoms with van der Waals surface area (Å²) in [6, 6.07) is 7.64. The Kier molecular flexibility index (Phi) is 6.42. The molecule has 1 heterocycles. The van der Waals surface area contributed by atoms with E-state index in [-0.39, 0.29) is 0 Å². The van der Waals surface area contributed by atoms with Crippen LogP contribution in [0.25, 0.3) is 0 Å². The number of hydrogen-bond acceptors (Lipinski definition) is 4. The second-order valence-corrected chi connectivity index (χ2v) is 5.74. The minimum absolute atomic E-state index is 0.391. The summed E-state index contributed by atoms with van der Waals surface area (Å²) < 4.78 is 11.4. The highest BCUT2D eigenvalue weighted by Crippen LogP contribution is 2.14. The molecule has 1 aromatic rings. The molecule has 1 saturated heterocycles. The summed E-state index contributed by atoms with van der Waals surface area (Å²) in [4.78, 5) is 2.85. The average molecular weight is 308 g/mol. The van der Waals surface area contributed by atoms with Gasteiger partial charge in [0.1, 0.15) is 10.7 Å². The predicted molar refractivity (Wildman–Crippen MR) is 88.9 cm³/mol. The van der Waals surface area contributed by atoms with Gasteiger partial charge in [-0.05, 0) is 25.0 Å². The molecular formula is C16H24N2O2S. The van der Waals surface area contributed by atoms with Gasteiger partial charge in [0.05, 0.1) is 19.3 Å². The fourth-order valence-corrected chi connectivity index (χ4v) is 2.57. The zero-order valence-corrected chi connectivity index (χ0v) is 13.4. The summed E-state index contributed by atoms with van der Waals surface area (Å²) in [5.41, 5.74) is 6.47. The highest BCUT2D eigenvalue weighted by Gasteiger charge is 2.18. The molecule has 1 aliphatic rings. The van der Waals surface area contributed by atoms with Crippen molar-refractivity contribution >= 4 is 17.2 Å². The van der Waals surface area contributed by atoms with Gasteiger partial charge in [-0.1, -0.05) is 31.3 Å². The smallest absolute Gasteiger partial charge is 0.119 e. The third kappa shape index (κ3) is 5.26. The Morgan fingerprint density at radius 1 is 1.52 bits per heavy atom. The van der Waals surface area contributed by atoms with E-state index in [4.69, 9.17) is 27.4 Å². The number of nitrogens with two attached hydrogens (primary N) is 1. The van der Waals surface area contributed by atoms with E-state index in [0.717, 1.165) is 50.4 Å². The molecule has 116 valence electrons. The molecule has 0 saturated carbocycles. The largest absolute Gasteiger partial charge is 0.494 e. The molecule has 0 bridgehead atoms. The van der Waals surface area contributed by atoms with E-state index in [1.54, 1.807) is 0 Å². The van der Waals surface area contributed by atoms with E-state index in [1.165, 1.54) is 0 Å². The first-order chi connectivity index (χ1) is 10.2. The van der Waals surface area contributed by atoms with Crippen molar-refractivity contribution in [1.29, 1.82) is 0 Å². The van der Waals surface area contributed by atoms with Gasteiger partial charge in [0.15, 0.2) is 0 Å². The van der Waals surface area contributed by atoms with Crippen molar-refractivity contribution in [2.24, 2.45) is 5.73 Å². The van der Waals surface area contributed by atoms with Gasteiger partial charge in [-0.25, -0.2) is 0 Å². The molecule has 4 nitrogen and oxygen atoms in total. The molecule has 21 heavy (non-hydrogen) atoms. The molecule has 1 unspecified atom stereocenters. The standard InChI is InChI=1S/C16H24N2O2S/c1-2-14-12-18(8-10-20-14)7-4-9-19-15-6-3-5-13(11-15)16(17)21/h3,5-6,11,14H,2,4,7-10,12H2,1H3,(H2,17,21). The molecule has 0 amide bonds. The van der Waals surface area contributed by atoms with Crippen LogP contribution in [0.3, 0.4) is 0 Å². The first kappa shape index (κ1) is 16.2. The number of benzene rings is 1. The van der Waals surface area contributed by atoms with Gasteiger partial charge in [-0.3, -0.25) is 4.90 Å². The predicted octanol–water partition coefficient (Wildman–Crippen LogP) is 2.20. The summed E-state index contributed by atoms with van der Waals surface area (Å²) in [5.74, 6) is 0.828. The van der Waals surface area contributed by atoms with Gasteiger partial charge < -0.3 is 15.2 Å². The van der Waals surface area contributed by atoms with Crippen LogP contribution in [0.4, 0.5) is 0 Å². The van der Waals surface area contributed by atoms with Crippen molar-refractivity contribution in [3.63, 3.8) is 0 Å². The average Bonchev–Trinajstić information content (AvgIpc) is 2.52. The van der Waals surface area contributed by atoms with Gasteiger partial charge in [0.2, 0.25) is 0 Å². The summed E-state index contributed by atoms with van der Waals surface area (Å²) in [6.07, 6.45) is 2.48. The quantitative estimate of drug-likeness (QED) is 0.618. The zero-order valence-electron chi connectivity index (χ0n) is 12.6. The second kappa shape index (κ2) is 8.32. The van der Waals surface area contributed by atoms with Crippen LogP contribution in [-0.2, 0) is 4.74 Å². The van der Waals surface area contributed by atoms with Crippen molar-refractivity contribution in [2.45, 2.75) is 25.9 Å². The van der Waals surface area contributed by atoms with E-state index in [1.807, 2.05) is 24.3 Å². The molecule has 0 spiro atoms. The summed E-state index contributed by atoms with van der Waals surface area (Å²) >= 11 is 4.97. The van der Waals surface area contributed by atoms with Crippen LogP contribution in [0.15, 0.2) is 24.3 Å². The van der Waals surface area contributed by atoms with Crippen molar-refractivity contribution < 1.29 is 9.47 Å². The highest BCUT2D eigenvalue weighted by molar-refractivity contribution is 7.80. The SMILES string of the molecule is CCC1CN(CCCOc2cccc(C(N)=S)c2)CCO1. The van der Waals surface area contributed by atoms with Gasteiger partial charge in [0.25, 0.3) is 0 Å². The Hall–Kier alpha value is -1.17. The lowest BCUT2D eigenvalue weighted by Crippen LogP contribution is -2.42. The molecule has 5 heteroatoms. The summed E-state index contributed by atoms with van der Waals surface area (Å²) in [6.45, 7) is 6.83. The van der Waals surface area contributed by atoms with Crippen molar-refractivity contribution in [3.05, 3.63) is 29.8 Å². The first-order valence-corrected chi connectivity index (χ1v) is 7.96. The molecule has 2 N–H and O–H groups in total. The number of morpholine rings is 1. The minimum atomic E-state index is 0.391. The van der Waals surface area contributed by atoms with Crippen molar-refractivity contribution in [1.82, 2.24) is 4.90 Å². The molecule has 0 aliphatic carbocycles.